The third kappa shape index (κ3) is 3.82. The highest BCUT2D eigenvalue weighted by atomic mass is 32.2. The Morgan fingerprint density at radius 3 is 2.41 bits per heavy atom. The molecule has 1 N–H and O–H groups in total. The van der Waals surface area contributed by atoms with Gasteiger partial charge in [-0.15, -0.1) is 0 Å². The number of Topliss-reactive ketones (excluding diaryl/α,β-unsaturated/α-hetero) is 1. The molecule has 5 fully saturated rings. The number of rotatable bonds is 8. The minimum absolute atomic E-state index is 0.0198. The Morgan fingerprint density at radius 1 is 1.13 bits per heavy atom. The lowest BCUT2D eigenvalue weighted by molar-refractivity contribution is -0.221. The smallest absolute Gasteiger partial charge is 0.333 e. The fraction of sp³-hybridized carbons (Fsp3) is 0.733. The summed E-state index contributed by atoms with van der Waals surface area (Å²) in [6, 6.07) is 6.20. The maximum absolute atomic E-state index is 14.4. The number of hydrogen-bond donors (Lipinski definition) is 1. The fourth-order valence-corrected chi connectivity index (χ4v) is 10.2. The Bertz CT molecular complexity index is 1260. The van der Waals surface area contributed by atoms with Crippen molar-refractivity contribution in [3.63, 3.8) is 0 Å². The van der Waals surface area contributed by atoms with Crippen LogP contribution in [0.3, 0.4) is 0 Å². The number of ketones is 1. The highest BCUT2D eigenvalue weighted by Gasteiger charge is 2.84. The van der Waals surface area contributed by atoms with Gasteiger partial charge in [-0.2, -0.15) is 8.42 Å². The van der Waals surface area contributed by atoms with Crippen LogP contribution in [0.25, 0.3) is 0 Å². The average molecular weight is 563 g/mol. The Hall–Kier alpha value is -1.81. The lowest BCUT2D eigenvalue weighted by Crippen LogP contribution is -2.67. The van der Waals surface area contributed by atoms with Crippen LogP contribution in [0.5, 0.6) is 0 Å². The number of benzene rings is 1. The number of methoxy groups -OCH3 is 1. The van der Waals surface area contributed by atoms with Gasteiger partial charge in [0.1, 0.15) is 11.9 Å². The summed E-state index contributed by atoms with van der Waals surface area (Å²) in [6.45, 7) is 9.27. The molecule has 5 saturated carbocycles. The largest absolute Gasteiger partial charge is 0.460 e. The van der Waals surface area contributed by atoms with Crippen LogP contribution in [-0.4, -0.2) is 57.8 Å². The highest BCUT2D eigenvalue weighted by molar-refractivity contribution is 7.86. The van der Waals surface area contributed by atoms with Crippen molar-refractivity contribution in [1.29, 1.82) is 0 Å². The number of carbonyl (C=O) groups is 2. The van der Waals surface area contributed by atoms with Crippen LogP contribution in [0.2, 0.25) is 0 Å². The van der Waals surface area contributed by atoms with Crippen molar-refractivity contribution in [2.24, 2.45) is 39.4 Å². The van der Waals surface area contributed by atoms with Crippen molar-refractivity contribution in [3.8, 4) is 0 Å². The molecule has 0 saturated heterocycles. The molecule has 3 unspecified atom stereocenters. The van der Waals surface area contributed by atoms with Crippen LogP contribution in [0.1, 0.15) is 65.4 Å². The van der Waals surface area contributed by atoms with Gasteiger partial charge in [-0.05, 0) is 68.4 Å². The zero-order chi connectivity index (χ0) is 28.6. The Kier molecular flexibility index (Phi) is 6.89. The number of aliphatic hydroxyl groups excluding tert-OH is 1. The van der Waals surface area contributed by atoms with E-state index < -0.39 is 45.0 Å². The summed E-state index contributed by atoms with van der Waals surface area (Å²) in [5, 5.41) is 10.0. The Balaban J connectivity index is 1.48. The third-order valence-corrected chi connectivity index (χ3v) is 12.9. The number of aliphatic hydroxyl groups is 1. The van der Waals surface area contributed by atoms with Crippen LogP contribution in [0, 0.1) is 46.3 Å². The second-order valence-electron chi connectivity index (χ2n) is 13.2. The van der Waals surface area contributed by atoms with Gasteiger partial charge in [-0.25, -0.2) is 4.79 Å². The highest BCUT2D eigenvalue weighted by Crippen LogP contribution is 2.83. The zero-order valence-corrected chi connectivity index (χ0v) is 24.7. The van der Waals surface area contributed by atoms with Crippen molar-refractivity contribution >= 4 is 21.9 Å². The summed E-state index contributed by atoms with van der Waals surface area (Å²) in [4.78, 5) is 27.6. The van der Waals surface area contributed by atoms with Gasteiger partial charge < -0.3 is 14.6 Å². The first-order chi connectivity index (χ1) is 18.2. The number of hydrogen-bond acceptors (Lipinski definition) is 8. The lowest BCUT2D eigenvalue weighted by atomic mass is 9.36. The van der Waals surface area contributed by atoms with Crippen LogP contribution < -0.4 is 0 Å². The summed E-state index contributed by atoms with van der Waals surface area (Å²) in [7, 11) is -2.44. The molecular weight excluding hydrogens is 520 g/mol. The van der Waals surface area contributed by atoms with Crippen molar-refractivity contribution in [1.82, 2.24) is 0 Å². The molecule has 0 radical (unpaired) electrons. The van der Waals surface area contributed by atoms with Gasteiger partial charge in [-0.3, -0.25) is 8.98 Å². The lowest BCUT2D eigenvalue weighted by Gasteiger charge is -2.67. The summed E-state index contributed by atoms with van der Waals surface area (Å²) in [6.07, 6.45) is 2.45. The van der Waals surface area contributed by atoms with Crippen molar-refractivity contribution in [2.45, 2.75) is 83.8 Å². The van der Waals surface area contributed by atoms with E-state index in [2.05, 4.69) is 20.8 Å². The minimum atomic E-state index is -4.15. The maximum atomic E-state index is 14.4. The molecule has 5 bridgehead atoms. The standard InChI is InChI=1S/C30H42O8S/c1-18-7-9-20(10-8-18)39(34,35)37-17-23(32)38-22-16-27(3,13-14-31)26(33)29(5)21-15-30(29)12-11-19(2)28(22,4)25(30)24(21)36-6/h7-10,19,21-22,24-25,31H,11-17H2,1-6H3/t19?,21?,22-,24-,25+,27+,28+,29?,30-/m1/s1. The van der Waals surface area contributed by atoms with Crippen LogP contribution in [0.15, 0.2) is 29.2 Å². The molecule has 1 aromatic rings. The van der Waals surface area contributed by atoms with Gasteiger partial charge in [0.05, 0.1) is 11.0 Å². The fourth-order valence-electron chi connectivity index (χ4n) is 9.33. The quantitative estimate of drug-likeness (QED) is 0.372. The molecule has 1 spiro atoms. The van der Waals surface area contributed by atoms with Gasteiger partial charge in [-0.1, -0.05) is 45.4 Å². The predicted molar refractivity (Wildman–Crippen MR) is 143 cm³/mol. The Morgan fingerprint density at radius 2 is 1.79 bits per heavy atom. The van der Waals surface area contributed by atoms with Crippen molar-refractivity contribution in [3.05, 3.63) is 29.8 Å². The second kappa shape index (κ2) is 9.36. The Labute approximate surface area is 231 Å². The van der Waals surface area contributed by atoms with E-state index in [0.717, 1.165) is 24.8 Å². The third-order valence-electron chi connectivity index (χ3n) is 11.6. The number of aryl methyl sites for hydroxylation is 1. The topological polar surface area (TPSA) is 116 Å². The van der Waals surface area contributed by atoms with Crippen molar-refractivity contribution in [2.75, 3.05) is 20.3 Å². The SMILES string of the molecule is CO[C@@H]1C2C[C@@]34CCC(C)[C@@](C)([C@H](OC(=O)COS(=O)(=O)c5ccc(C)cc5)C[C@](C)(CCO)C(=O)C23C)[C@H]14. The molecule has 5 aliphatic rings. The second-order valence-corrected chi connectivity index (χ2v) is 14.8. The molecule has 9 atom stereocenters. The number of ether oxygens (including phenoxy) is 2. The van der Waals surface area contributed by atoms with E-state index in [1.54, 1.807) is 19.2 Å². The first-order valence-electron chi connectivity index (χ1n) is 14.1. The molecule has 216 valence electrons. The van der Waals surface area contributed by atoms with Crippen LogP contribution in [0.4, 0.5) is 0 Å². The molecule has 1 aromatic carbocycles. The van der Waals surface area contributed by atoms with Gasteiger partial charge in [0.2, 0.25) is 0 Å². The van der Waals surface area contributed by atoms with E-state index in [0.29, 0.717) is 0 Å². The molecule has 6 rings (SSSR count). The molecule has 0 heterocycles. The zero-order valence-electron chi connectivity index (χ0n) is 23.9. The van der Waals surface area contributed by atoms with Gasteiger partial charge in [0.25, 0.3) is 10.1 Å². The number of esters is 1. The summed E-state index contributed by atoms with van der Waals surface area (Å²) in [5.74, 6) is -0.381. The van der Waals surface area contributed by atoms with Crippen LogP contribution in [-0.2, 0) is 33.4 Å². The number of carbonyl (C=O) groups excluding carboxylic acids is 2. The van der Waals surface area contributed by atoms with Gasteiger partial charge in [0, 0.05) is 35.9 Å². The molecule has 9 heteroatoms. The van der Waals surface area contributed by atoms with Crippen LogP contribution >= 0.6 is 0 Å². The molecule has 0 aromatic heterocycles. The summed E-state index contributed by atoms with van der Waals surface area (Å²) < 4.78 is 42.8. The monoisotopic (exact) mass is 562 g/mol. The van der Waals surface area contributed by atoms with E-state index >= 15 is 0 Å². The predicted octanol–water partition coefficient (Wildman–Crippen LogP) is 4.07. The molecular formula is C30H42O8S. The van der Waals surface area contributed by atoms with E-state index in [1.165, 1.54) is 12.1 Å². The molecule has 8 nitrogen and oxygen atoms in total. The first kappa shape index (κ1) is 28.7. The summed E-state index contributed by atoms with van der Waals surface area (Å²) >= 11 is 0. The van der Waals surface area contributed by atoms with E-state index in [4.69, 9.17) is 13.7 Å². The summed E-state index contributed by atoms with van der Waals surface area (Å²) in [5.41, 5.74) is -1.30. The first-order valence-corrected chi connectivity index (χ1v) is 15.5. The van der Waals surface area contributed by atoms with E-state index in [9.17, 15) is 23.1 Å². The van der Waals surface area contributed by atoms with E-state index in [1.807, 2.05) is 13.8 Å². The average Bonchev–Trinajstić information content (AvgIpc) is 3.37. The normalized spacial score (nSPS) is 42.8. The van der Waals surface area contributed by atoms with Gasteiger partial charge in [0.15, 0.2) is 6.61 Å². The van der Waals surface area contributed by atoms with Gasteiger partial charge >= 0.3 is 5.97 Å². The van der Waals surface area contributed by atoms with E-state index in [-0.39, 0.29) is 59.4 Å². The minimum Gasteiger partial charge on any atom is -0.460 e. The maximum Gasteiger partial charge on any atom is 0.333 e. The molecule has 5 aliphatic carbocycles. The molecule has 0 aliphatic heterocycles. The molecule has 0 amide bonds. The van der Waals surface area contributed by atoms with Crippen molar-refractivity contribution < 1.29 is 36.8 Å². The molecule has 39 heavy (non-hydrogen) atoms.